The van der Waals surface area contributed by atoms with Gasteiger partial charge in [0, 0.05) is 11.8 Å². The maximum Gasteiger partial charge on any atom is 0.171 e. The lowest BCUT2D eigenvalue weighted by Crippen LogP contribution is -2.35. The van der Waals surface area contributed by atoms with E-state index in [4.69, 9.17) is 21.7 Å². The minimum Gasteiger partial charge on any atom is -0.486 e. The summed E-state index contributed by atoms with van der Waals surface area (Å²) in [5, 5.41) is 7.33. The van der Waals surface area contributed by atoms with Crippen molar-refractivity contribution in [3.63, 3.8) is 0 Å². The third-order valence-electron chi connectivity index (χ3n) is 4.51. The van der Waals surface area contributed by atoms with Gasteiger partial charge >= 0.3 is 0 Å². The van der Waals surface area contributed by atoms with Gasteiger partial charge in [0.2, 0.25) is 0 Å². The van der Waals surface area contributed by atoms with Gasteiger partial charge in [0.25, 0.3) is 0 Å². The fourth-order valence-corrected chi connectivity index (χ4v) is 3.45. The molecular weight excluding hydrogens is 344 g/mol. The first-order valence-corrected chi connectivity index (χ1v) is 9.39. The van der Waals surface area contributed by atoms with E-state index in [1.165, 1.54) is 16.7 Å². The molecule has 0 saturated heterocycles. The van der Waals surface area contributed by atoms with E-state index >= 15 is 0 Å². The Morgan fingerprint density at radius 2 is 1.73 bits per heavy atom. The predicted molar refractivity (Wildman–Crippen MR) is 110 cm³/mol. The number of anilines is 1. The molecule has 0 aliphatic carbocycles. The molecule has 0 bridgehead atoms. The van der Waals surface area contributed by atoms with Gasteiger partial charge in [0.15, 0.2) is 16.6 Å². The third-order valence-corrected chi connectivity index (χ3v) is 4.73. The van der Waals surface area contributed by atoms with Crippen molar-refractivity contribution in [2.75, 3.05) is 18.5 Å². The normalized spacial score (nSPS) is 14.0. The second kappa shape index (κ2) is 7.96. The van der Waals surface area contributed by atoms with Crippen molar-refractivity contribution in [1.82, 2.24) is 5.32 Å². The van der Waals surface area contributed by atoms with Crippen molar-refractivity contribution < 1.29 is 9.47 Å². The maximum absolute atomic E-state index is 5.63. The summed E-state index contributed by atoms with van der Waals surface area (Å²) >= 11 is 5.56. The fourth-order valence-electron chi connectivity index (χ4n) is 3.21. The number of hydrogen-bond donors (Lipinski definition) is 2. The molecule has 138 valence electrons. The van der Waals surface area contributed by atoms with Crippen LogP contribution in [0.5, 0.6) is 11.5 Å². The van der Waals surface area contributed by atoms with E-state index in [0.717, 1.165) is 17.2 Å². The van der Waals surface area contributed by atoms with Crippen molar-refractivity contribution in [3.8, 4) is 11.5 Å². The average Bonchev–Trinajstić information content (AvgIpc) is 2.60. The molecule has 3 rings (SSSR count). The molecule has 0 fully saturated rings. The van der Waals surface area contributed by atoms with Crippen LogP contribution in [0, 0.1) is 19.8 Å². The van der Waals surface area contributed by atoms with Crippen LogP contribution in [-0.2, 0) is 0 Å². The lowest BCUT2D eigenvalue weighted by atomic mass is 9.92. The van der Waals surface area contributed by atoms with Crippen LogP contribution in [-0.4, -0.2) is 18.3 Å². The quantitative estimate of drug-likeness (QED) is 0.760. The Hall–Kier alpha value is -2.27. The van der Waals surface area contributed by atoms with E-state index in [1.807, 2.05) is 18.2 Å². The summed E-state index contributed by atoms with van der Waals surface area (Å²) in [4.78, 5) is 0. The number of benzene rings is 2. The molecule has 5 heteroatoms. The standard InChI is InChI=1S/C21H26N2O2S/c1-13(2)20(17-7-5-14(3)11-15(17)4)23-21(26)22-16-6-8-18-19(12-16)25-10-9-24-18/h5-8,11-13,20H,9-10H2,1-4H3,(H2,22,23,26)/t20-/m0/s1. The molecule has 1 aliphatic heterocycles. The van der Waals surface area contributed by atoms with Gasteiger partial charge < -0.3 is 20.1 Å². The molecule has 26 heavy (non-hydrogen) atoms. The minimum atomic E-state index is 0.146. The van der Waals surface area contributed by atoms with Gasteiger partial charge in [0.1, 0.15) is 13.2 Å². The SMILES string of the molecule is Cc1ccc([C@@H](NC(=S)Nc2ccc3c(c2)OCCO3)C(C)C)c(C)c1. The number of rotatable bonds is 4. The highest BCUT2D eigenvalue weighted by Crippen LogP contribution is 2.32. The van der Waals surface area contributed by atoms with Crippen molar-refractivity contribution in [1.29, 1.82) is 0 Å². The van der Waals surface area contributed by atoms with Gasteiger partial charge in [-0.25, -0.2) is 0 Å². The molecule has 1 atom stereocenters. The Kier molecular flexibility index (Phi) is 5.67. The van der Waals surface area contributed by atoms with Gasteiger partial charge in [-0.3, -0.25) is 0 Å². The largest absolute Gasteiger partial charge is 0.486 e. The van der Waals surface area contributed by atoms with Gasteiger partial charge in [-0.2, -0.15) is 0 Å². The average molecular weight is 371 g/mol. The van der Waals surface area contributed by atoms with Crippen molar-refractivity contribution in [2.24, 2.45) is 5.92 Å². The van der Waals surface area contributed by atoms with Crippen LogP contribution in [0.4, 0.5) is 5.69 Å². The highest BCUT2D eigenvalue weighted by molar-refractivity contribution is 7.80. The Labute approximate surface area is 160 Å². The van der Waals surface area contributed by atoms with E-state index in [0.29, 0.717) is 24.2 Å². The summed E-state index contributed by atoms with van der Waals surface area (Å²) in [5.74, 6) is 1.92. The van der Waals surface area contributed by atoms with Crippen LogP contribution in [0.3, 0.4) is 0 Å². The van der Waals surface area contributed by atoms with Crippen LogP contribution in [0.15, 0.2) is 36.4 Å². The molecule has 0 spiro atoms. The highest BCUT2D eigenvalue weighted by atomic mass is 32.1. The molecule has 0 amide bonds. The van der Waals surface area contributed by atoms with Crippen LogP contribution in [0.25, 0.3) is 0 Å². The molecular formula is C21H26N2O2S. The molecule has 0 unspecified atom stereocenters. The zero-order valence-electron chi connectivity index (χ0n) is 15.8. The first-order valence-electron chi connectivity index (χ1n) is 8.98. The van der Waals surface area contributed by atoms with Crippen LogP contribution in [0.2, 0.25) is 0 Å². The second-order valence-electron chi connectivity index (χ2n) is 7.04. The number of nitrogens with one attached hydrogen (secondary N) is 2. The van der Waals surface area contributed by atoms with Crippen molar-refractivity contribution in [2.45, 2.75) is 33.7 Å². The summed E-state index contributed by atoms with van der Waals surface area (Å²) < 4.78 is 11.2. The summed E-state index contributed by atoms with van der Waals surface area (Å²) in [6.07, 6.45) is 0. The summed E-state index contributed by atoms with van der Waals surface area (Å²) in [6, 6.07) is 12.5. The van der Waals surface area contributed by atoms with Crippen molar-refractivity contribution in [3.05, 3.63) is 53.1 Å². The zero-order chi connectivity index (χ0) is 18.7. The molecule has 1 aliphatic rings. The first kappa shape index (κ1) is 18.5. The molecule has 0 aromatic heterocycles. The summed E-state index contributed by atoms with van der Waals surface area (Å²) in [6.45, 7) is 9.82. The second-order valence-corrected chi connectivity index (χ2v) is 7.45. The first-order chi connectivity index (χ1) is 12.4. The van der Waals surface area contributed by atoms with Crippen LogP contribution >= 0.6 is 12.2 Å². The number of hydrogen-bond acceptors (Lipinski definition) is 3. The lowest BCUT2D eigenvalue weighted by Gasteiger charge is -2.26. The number of fused-ring (bicyclic) bond motifs is 1. The van der Waals surface area contributed by atoms with E-state index in [-0.39, 0.29) is 6.04 Å². The van der Waals surface area contributed by atoms with Gasteiger partial charge in [-0.1, -0.05) is 37.6 Å². The third kappa shape index (κ3) is 4.28. The highest BCUT2D eigenvalue weighted by Gasteiger charge is 2.19. The monoisotopic (exact) mass is 370 g/mol. The number of ether oxygens (including phenoxy) is 2. The molecule has 1 heterocycles. The topological polar surface area (TPSA) is 42.5 Å². The van der Waals surface area contributed by atoms with E-state index in [2.05, 4.69) is 56.5 Å². The number of thiocarbonyl (C=S) groups is 1. The Balaban J connectivity index is 1.72. The fraction of sp³-hybridized carbons (Fsp3) is 0.381. The van der Waals surface area contributed by atoms with Gasteiger partial charge in [-0.15, -0.1) is 0 Å². The van der Waals surface area contributed by atoms with E-state index < -0.39 is 0 Å². The minimum absolute atomic E-state index is 0.146. The van der Waals surface area contributed by atoms with Crippen LogP contribution in [0.1, 0.15) is 36.6 Å². The number of aryl methyl sites for hydroxylation is 2. The lowest BCUT2D eigenvalue weighted by molar-refractivity contribution is 0.171. The molecule has 0 radical (unpaired) electrons. The Morgan fingerprint density at radius 1 is 1.00 bits per heavy atom. The summed E-state index contributed by atoms with van der Waals surface area (Å²) in [7, 11) is 0. The van der Waals surface area contributed by atoms with Gasteiger partial charge in [0.05, 0.1) is 6.04 Å². The smallest absolute Gasteiger partial charge is 0.171 e. The molecule has 2 N–H and O–H groups in total. The molecule has 2 aromatic rings. The summed E-state index contributed by atoms with van der Waals surface area (Å²) in [5.41, 5.74) is 4.70. The van der Waals surface area contributed by atoms with E-state index in [9.17, 15) is 0 Å². The van der Waals surface area contributed by atoms with Crippen molar-refractivity contribution >= 4 is 23.0 Å². The Bertz CT molecular complexity index is 805. The molecule has 4 nitrogen and oxygen atoms in total. The van der Waals surface area contributed by atoms with Gasteiger partial charge in [-0.05, 0) is 55.2 Å². The molecule has 2 aromatic carbocycles. The zero-order valence-corrected chi connectivity index (χ0v) is 16.6. The van der Waals surface area contributed by atoms with E-state index in [1.54, 1.807) is 0 Å². The maximum atomic E-state index is 5.63. The molecule has 0 saturated carbocycles. The van der Waals surface area contributed by atoms with Crippen LogP contribution < -0.4 is 20.1 Å². The predicted octanol–water partition coefficient (Wildman–Crippen LogP) is 4.76. The Morgan fingerprint density at radius 3 is 2.42 bits per heavy atom.